The number of ether oxygens (including phenoxy) is 1. The smallest absolute Gasteiger partial charge is 0.223 e. The van der Waals surface area contributed by atoms with Crippen LogP contribution in [0.1, 0.15) is 18.7 Å². The zero-order valence-electron chi connectivity index (χ0n) is 11.1. The van der Waals surface area contributed by atoms with Gasteiger partial charge in [-0.3, -0.25) is 0 Å². The average Bonchev–Trinajstić information content (AvgIpc) is 2.66. The van der Waals surface area contributed by atoms with Crippen LogP contribution in [0.5, 0.6) is 0 Å². The molecular formula is C12H18N4OS. The summed E-state index contributed by atoms with van der Waals surface area (Å²) >= 11 is 1.62. The predicted octanol–water partition coefficient (Wildman–Crippen LogP) is 2.42. The number of methoxy groups -OCH3 is 1. The normalized spacial score (nSPS) is 12.0. The Labute approximate surface area is 110 Å². The van der Waals surface area contributed by atoms with Crippen molar-refractivity contribution in [3.63, 3.8) is 0 Å². The van der Waals surface area contributed by atoms with Crippen molar-refractivity contribution in [3.8, 4) is 0 Å². The van der Waals surface area contributed by atoms with E-state index in [2.05, 4.69) is 21.4 Å². The van der Waals surface area contributed by atoms with Crippen molar-refractivity contribution in [1.29, 1.82) is 0 Å². The lowest BCUT2D eigenvalue weighted by atomic mass is 10.1. The molecule has 0 amide bonds. The summed E-state index contributed by atoms with van der Waals surface area (Å²) in [7, 11) is 1.69. The van der Waals surface area contributed by atoms with Crippen LogP contribution in [0.15, 0.2) is 6.07 Å². The van der Waals surface area contributed by atoms with Gasteiger partial charge >= 0.3 is 0 Å². The molecule has 0 saturated carbocycles. The number of fused-ring (bicyclic) bond motifs is 1. The minimum atomic E-state index is -0.253. The van der Waals surface area contributed by atoms with E-state index in [9.17, 15) is 0 Å². The first kappa shape index (κ1) is 13.0. The fourth-order valence-electron chi connectivity index (χ4n) is 1.56. The maximum atomic E-state index is 5.72. The van der Waals surface area contributed by atoms with Gasteiger partial charge in [0.1, 0.15) is 10.6 Å². The number of nitrogen functional groups attached to an aromatic ring is 1. The van der Waals surface area contributed by atoms with Crippen LogP contribution in [0.4, 0.5) is 11.8 Å². The number of hydrogen-bond acceptors (Lipinski definition) is 6. The molecule has 0 aliphatic carbocycles. The van der Waals surface area contributed by atoms with E-state index >= 15 is 0 Å². The second-order valence-corrected chi connectivity index (χ2v) is 6.06. The summed E-state index contributed by atoms with van der Waals surface area (Å²) < 4.78 is 5.37. The Morgan fingerprint density at radius 2 is 2.17 bits per heavy atom. The monoisotopic (exact) mass is 266 g/mol. The number of aryl methyl sites for hydroxylation is 1. The summed E-state index contributed by atoms with van der Waals surface area (Å²) in [4.78, 5) is 10.6. The van der Waals surface area contributed by atoms with Crippen LogP contribution in [-0.4, -0.2) is 29.2 Å². The summed E-state index contributed by atoms with van der Waals surface area (Å²) in [5.41, 5.74) is 5.47. The van der Waals surface area contributed by atoms with Crippen molar-refractivity contribution in [2.45, 2.75) is 26.4 Å². The highest BCUT2D eigenvalue weighted by molar-refractivity contribution is 7.18. The molecule has 0 aliphatic rings. The summed E-state index contributed by atoms with van der Waals surface area (Å²) in [5, 5.41) is 4.30. The van der Waals surface area contributed by atoms with Crippen LogP contribution >= 0.6 is 11.3 Å². The molecule has 0 aliphatic heterocycles. The number of anilines is 2. The van der Waals surface area contributed by atoms with Gasteiger partial charge in [0.2, 0.25) is 5.95 Å². The largest absolute Gasteiger partial charge is 0.377 e. The van der Waals surface area contributed by atoms with Gasteiger partial charge in [-0.05, 0) is 26.8 Å². The highest BCUT2D eigenvalue weighted by atomic mass is 32.1. The van der Waals surface area contributed by atoms with E-state index in [1.54, 1.807) is 18.4 Å². The SMILES string of the molecule is COC(C)(C)CNc1nc(N)nc2sc(C)cc12. The fourth-order valence-corrected chi connectivity index (χ4v) is 2.45. The first-order valence-corrected chi connectivity index (χ1v) is 6.55. The number of aromatic nitrogens is 2. The number of rotatable bonds is 4. The highest BCUT2D eigenvalue weighted by Gasteiger charge is 2.17. The molecule has 2 aromatic heterocycles. The molecule has 0 unspecified atom stereocenters. The van der Waals surface area contributed by atoms with Gasteiger partial charge in [0.05, 0.1) is 11.0 Å². The molecule has 2 heterocycles. The van der Waals surface area contributed by atoms with Crippen LogP contribution in [0.3, 0.4) is 0 Å². The van der Waals surface area contributed by atoms with E-state index in [1.165, 1.54) is 4.88 Å². The van der Waals surface area contributed by atoms with E-state index in [-0.39, 0.29) is 5.60 Å². The van der Waals surface area contributed by atoms with Gasteiger partial charge in [0.15, 0.2) is 0 Å². The quantitative estimate of drug-likeness (QED) is 0.889. The molecule has 2 rings (SSSR count). The average molecular weight is 266 g/mol. The fraction of sp³-hybridized carbons (Fsp3) is 0.500. The molecule has 0 atom stereocenters. The number of nitrogens with one attached hydrogen (secondary N) is 1. The predicted molar refractivity (Wildman–Crippen MR) is 76.1 cm³/mol. The molecule has 6 heteroatoms. The van der Waals surface area contributed by atoms with Crippen LogP contribution in [0.2, 0.25) is 0 Å². The van der Waals surface area contributed by atoms with Crippen LogP contribution in [0.25, 0.3) is 10.2 Å². The van der Waals surface area contributed by atoms with E-state index in [0.717, 1.165) is 16.0 Å². The molecular weight excluding hydrogens is 248 g/mol. The third-order valence-corrected chi connectivity index (χ3v) is 3.71. The van der Waals surface area contributed by atoms with E-state index < -0.39 is 0 Å². The second kappa shape index (κ2) is 4.70. The maximum absolute atomic E-state index is 5.72. The third-order valence-electron chi connectivity index (χ3n) is 2.77. The Morgan fingerprint density at radius 1 is 1.44 bits per heavy atom. The Kier molecular flexibility index (Phi) is 3.41. The molecule has 98 valence electrons. The van der Waals surface area contributed by atoms with Crippen molar-refractivity contribution in [3.05, 3.63) is 10.9 Å². The van der Waals surface area contributed by atoms with E-state index in [4.69, 9.17) is 10.5 Å². The van der Waals surface area contributed by atoms with Crippen molar-refractivity contribution in [2.24, 2.45) is 0 Å². The first-order valence-electron chi connectivity index (χ1n) is 5.74. The van der Waals surface area contributed by atoms with Crippen LogP contribution in [-0.2, 0) is 4.74 Å². The van der Waals surface area contributed by atoms with Crippen molar-refractivity contribution in [2.75, 3.05) is 24.7 Å². The van der Waals surface area contributed by atoms with Gasteiger partial charge in [-0.1, -0.05) is 0 Å². The Morgan fingerprint density at radius 3 is 2.83 bits per heavy atom. The standard InChI is InChI=1S/C12H18N4OS/c1-7-5-8-9(14-6-12(2,3)17-4)15-11(13)16-10(8)18-7/h5H,6H2,1-4H3,(H3,13,14,15,16). The van der Waals surface area contributed by atoms with Gasteiger partial charge in [-0.15, -0.1) is 11.3 Å². The minimum Gasteiger partial charge on any atom is -0.377 e. The Bertz CT molecular complexity index is 564. The molecule has 3 N–H and O–H groups in total. The number of thiophene rings is 1. The topological polar surface area (TPSA) is 73.1 Å². The minimum absolute atomic E-state index is 0.253. The Hall–Kier alpha value is -1.40. The lowest BCUT2D eigenvalue weighted by Gasteiger charge is -2.23. The highest BCUT2D eigenvalue weighted by Crippen LogP contribution is 2.29. The van der Waals surface area contributed by atoms with Gasteiger partial charge in [0.25, 0.3) is 0 Å². The molecule has 5 nitrogen and oxygen atoms in total. The molecule has 0 spiro atoms. The van der Waals surface area contributed by atoms with Gasteiger partial charge in [-0.2, -0.15) is 4.98 Å². The molecule has 2 aromatic rings. The molecule has 0 fully saturated rings. The zero-order chi connectivity index (χ0) is 13.3. The van der Waals surface area contributed by atoms with Gasteiger partial charge in [0, 0.05) is 18.5 Å². The lowest BCUT2D eigenvalue weighted by molar-refractivity contribution is 0.0343. The summed E-state index contributed by atoms with van der Waals surface area (Å²) in [6.07, 6.45) is 0. The Balaban J connectivity index is 2.32. The van der Waals surface area contributed by atoms with Crippen molar-refractivity contribution in [1.82, 2.24) is 9.97 Å². The molecule has 0 bridgehead atoms. The van der Waals surface area contributed by atoms with Crippen molar-refractivity contribution < 1.29 is 4.74 Å². The van der Waals surface area contributed by atoms with E-state index in [1.807, 2.05) is 20.8 Å². The van der Waals surface area contributed by atoms with Crippen LogP contribution in [0, 0.1) is 6.92 Å². The first-order chi connectivity index (χ1) is 8.41. The van der Waals surface area contributed by atoms with Gasteiger partial charge in [-0.25, -0.2) is 4.98 Å². The second-order valence-electron chi connectivity index (χ2n) is 4.82. The third kappa shape index (κ3) is 2.70. The maximum Gasteiger partial charge on any atom is 0.223 e. The molecule has 0 aromatic carbocycles. The molecule has 18 heavy (non-hydrogen) atoms. The van der Waals surface area contributed by atoms with Crippen LogP contribution < -0.4 is 11.1 Å². The molecule has 0 radical (unpaired) electrons. The number of nitrogens with zero attached hydrogens (tertiary/aromatic N) is 2. The molecule has 0 saturated heterocycles. The van der Waals surface area contributed by atoms with Gasteiger partial charge < -0.3 is 15.8 Å². The number of nitrogens with two attached hydrogens (primary N) is 1. The number of hydrogen-bond donors (Lipinski definition) is 2. The van der Waals surface area contributed by atoms with Crippen molar-refractivity contribution >= 4 is 33.3 Å². The summed E-state index contributed by atoms with van der Waals surface area (Å²) in [6.45, 7) is 6.73. The zero-order valence-corrected chi connectivity index (χ0v) is 11.9. The summed E-state index contributed by atoms with van der Waals surface area (Å²) in [5.74, 6) is 1.06. The lowest BCUT2D eigenvalue weighted by Crippen LogP contribution is -2.32. The van der Waals surface area contributed by atoms with E-state index in [0.29, 0.717) is 12.5 Å². The summed E-state index contributed by atoms with van der Waals surface area (Å²) in [6, 6.07) is 2.07.